The number of phenolic OH excluding ortho intramolecular Hbond substituents is 5. The van der Waals surface area contributed by atoms with Crippen LogP contribution in [0.15, 0.2) is 213 Å². The first-order valence-corrected chi connectivity index (χ1v) is 68.7. The molecule has 38 heteroatoms. The van der Waals surface area contributed by atoms with Crippen molar-refractivity contribution in [1.29, 1.82) is 0 Å². The van der Waals surface area contributed by atoms with E-state index in [1.165, 1.54) is 35.3 Å². The molecule has 0 radical (unpaired) electrons. The van der Waals surface area contributed by atoms with E-state index in [0.717, 1.165) is 86.5 Å². The molecule has 0 aliphatic heterocycles. The molecule has 0 aliphatic rings. The minimum absolute atomic E-state index is 0.153. The predicted octanol–water partition coefficient (Wildman–Crippen LogP) is 18.8. The first-order valence-electron chi connectivity index (χ1n) is 35.2. The number of benzene rings is 10. The fraction of sp³-hybridized carbons (Fsp3) is 0.207. The van der Waals surface area contributed by atoms with E-state index in [2.05, 4.69) is 89.4 Å². The fourth-order valence-electron chi connectivity index (χ4n) is 10.3. The van der Waals surface area contributed by atoms with Crippen molar-refractivity contribution in [2.45, 2.75) is 46.2 Å². The molecule has 0 heterocycles. The Balaban J connectivity index is 0.000000721. The summed E-state index contributed by atoms with van der Waals surface area (Å²) in [5.41, 5.74) is 6.25. The first kappa shape index (κ1) is 116. The third-order valence-electron chi connectivity index (χ3n) is 15.8. The number of aliphatic imine (C=N–C) groups is 5. The number of nitrogens with zero attached hydrogens (tertiary/aromatic N) is 5. The number of aromatic hydroxyl groups is 5. The van der Waals surface area contributed by atoms with Crippen LogP contribution in [0.25, 0.3) is 0 Å². The van der Waals surface area contributed by atoms with Gasteiger partial charge < -0.3 is 49.2 Å². The molecule has 0 amide bonds. The van der Waals surface area contributed by atoms with Gasteiger partial charge in [0.2, 0.25) is 0 Å². The van der Waals surface area contributed by atoms with Crippen LogP contribution < -0.4 is 87.1 Å². The van der Waals surface area contributed by atoms with Gasteiger partial charge in [-0.05, 0) is 109 Å². The van der Waals surface area contributed by atoms with Crippen LogP contribution in [0.2, 0.25) is 39.3 Å². The third kappa shape index (κ3) is 43.1. The van der Waals surface area contributed by atoms with Crippen LogP contribution >= 0.6 is 136 Å². The topological polar surface area (TPSA) is 209 Å². The van der Waals surface area contributed by atoms with Gasteiger partial charge in [-0.25, -0.2) is 4.39 Å². The minimum atomic E-state index is -1.68. The molecule has 120 heavy (non-hydrogen) atoms. The standard InChI is InChI=1S/C20H29FNOPSi2.C16H18NO3P.C16H18NO2P.2C15H16NO2P.10ClH.5Ti/c1-22-13-14-10-15(21)8-9-17(14)24-18-11-16(25(2,3)4)12-19(20(18)23)26(5,6)7;1-17-10-11-6-4-5-7-14(11)21-15-9-12(19-2)8-13(20-3)16(15)18;1-11-6-4-7-12(10-17-2)16(11)20-14-9-5-8-13(19-3)15(14)18;1-16-10-11-6-3-4-8-13(11)19-14-9-5-7-12(18-2)15(14)17;1-16-10-11-5-3-4-6-14(11)19-15-9-12(18-2)7-8-13(15)17;;;;;;;;;;;;;;;/h8-13,23-24H,1-7H3;4-10,18,21H,1-3H3;4-10,18,20H,1-3H3;2*3-10,17,19H,1-2H3;10*1H;;;;;/q;;;;;;;;;;;;;;;5*+2/p-10. The molecule has 10 aromatic rings. The van der Waals surface area contributed by atoms with Crippen LogP contribution in [0.4, 0.5) is 4.39 Å². The van der Waals surface area contributed by atoms with E-state index in [-0.39, 0.29) is 40.2 Å². The van der Waals surface area contributed by atoms with Gasteiger partial charge >= 0.3 is 178 Å². The molecule has 10 rings (SSSR count). The van der Waals surface area contributed by atoms with Gasteiger partial charge in [0.15, 0.2) is 34.5 Å². The summed E-state index contributed by atoms with van der Waals surface area (Å²) in [7, 11) is 63.9. The van der Waals surface area contributed by atoms with E-state index in [0.29, 0.717) is 60.2 Å². The Kier molecular flexibility index (Phi) is 64.4. The van der Waals surface area contributed by atoms with Crippen molar-refractivity contribution in [1.82, 2.24) is 0 Å². The molecule has 10 aromatic carbocycles. The number of halogens is 11. The Hall–Kier alpha value is -2.46. The van der Waals surface area contributed by atoms with Crippen LogP contribution in [0.5, 0.6) is 57.5 Å². The van der Waals surface area contributed by atoms with E-state index in [1.54, 1.807) is 106 Å². The van der Waals surface area contributed by atoms with Gasteiger partial charge in [0, 0.05) is 110 Å². The molecule has 0 aliphatic carbocycles. The average Bonchev–Trinajstić information content (AvgIpc) is 0.779. The quantitative estimate of drug-likeness (QED) is 0.0246. The summed E-state index contributed by atoms with van der Waals surface area (Å²) in [5.74, 6) is 3.88. The van der Waals surface area contributed by atoms with Gasteiger partial charge in [-0.2, -0.15) is 0 Å². The van der Waals surface area contributed by atoms with Crippen molar-refractivity contribution < 1.29 is 139 Å². The number of hydrogen-bond donors (Lipinski definition) is 5. The summed E-state index contributed by atoms with van der Waals surface area (Å²) in [5, 5.41) is 64.0. The molecule has 15 nitrogen and oxygen atoms in total. The summed E-state index contributed by atoms with van der Waals surface area (Å²) in [4.78, 5) is 20.3. The van der Waals surface area contributed by atoms with Crippen LogP contribution in [-0.2, 0) is 85.2 Å². The predicted molar refractivity (Wildman–Crippen MR) is 520 cm³/mol. The maximum atomic E-state index is 13.6. The van der Waals surface area contributed by atoms with E-state index in [4.69, 9.17) is 117 Å². The van der Waals surface area contributed by atoms with Crippen molar-refractivity contribution in [3.8, 4) is 57.5 Å². The van der Waals surface area contributed by atoms with Crippen molar-refractivity contribution in [2.75, 3.05) is 70.8 Å². The Morgan fingerprint density at radius 3 is 1.09 bits per heavy atom. The van der Waals surface area contributed by atoms with Crippen LogP contribution in [0.3, 0.4) is 0 Å². The Bertz CT molecular complexity index is 4790. The van der Waals surface area contributed by atoms with Crippen molar-refractivity contribution in [3.05, 3.63) is 227 Å². The SMILES string of the molecule is CN=Cc1cc(F)ccc1Pc1cc([Si](C)(C)C)cc([Si](C)(C)C)c1O.CN=Cc1cccc(C)c1Pc1cccc(OC)c1O.CN=Cc1ccccc1Pc1cc(OC)cc(OC)c1O.CN=Cc1ccccc1Pc1cc(OC)ccc1O.CN=Cc1ccccc1Pc1cccc(OC)c1O.[Cl][Ti][Cl].[Cl][Ti][Cl].[Cl][Ti][Cl].[Cl][Ti][Cl].[Cl][Ti][Cl]. The summed E-state index contributed by atoms with van der Waals surface area (Å²) in [6, 6.07) is 59.3. The number of para-hydroxylation sites is 2. The second-order valence-corrected chi connectivity index (χ2v) is 55.3. The van der Waals surface area contributed by atoms with Gasteiger partial charge in [-0.3, -0.25) is 25.0 Å². The van der Waals surface area contributed by atoms with Gasteiger partial charge in [-0.1, -0.05) is 221 Å². The van der Waals surface area contributed by atoms with E-state index in [1.807, 2.05) is 146 Å². The van der Waals surface area contributed by atoms with E-state index in [9.17, 15) is 29.9 Å². The normalized spacial score (nSPS) is 11.0. The van der Waals surface area contributed by atoms with E-state index < -0.39 is 101 Å². The second kappa shape index (κ2) is 66.9. The average molecular weight is 2140 g/mol. The first-order chi connectivity index (χ1) is 57.4. The molecule has 640 valence electrons. The molecule has 0 bridgehead atoms. The molecule has 0 aromatic heterocycles. The maximum absolute atomic E-state index is 13.6. The third-order valence-corrected chi connectivity index (χ3v) is 27.0. The molecule has 0 saturated heterocycles. The van der Waals surface area contributed by atoms with E-state index >= 15 is 0 Å². The number of hydrogen-bond acceptors (Lipinski definition) is 15. The van der Waals surface area contributed by atoms with Crippen LogP contribution in [0.1, 0.15) is 33.4 Å². The van der Waals surface area contributed by atoms with Gasteiger partial charge in [-0.15, -0.1) is 0 Å². The molecular weight excluding hydrogens is 2040 g/mol. The molecule has 5 unspecified atom stereocenters. The molecular formula is C82H97Cl10FN5O10P5Si2Ti5. The van der Waals surface area contributed by atoms with Crippen molar-refractivity contribution in [2.24, 2.45) is 25.0 Å². The van der Waals surface area contributed by atoms with Crippen LogP contribution in [-0.4, -0.2) is 144 Å². The second-order valence-electron chi connectivity index (χ2n) is 25.7. The molecule has 0 fully saturated rings. The zero-order valence-corrected chi connectivity index (χ0v) is 91.3. The molecule has 5 N–H and O–H groups in total. The number of ether oxygens (including phenoxy) is 5. The van der Waals surface area contributed by atoms with Crippen LogP contribution in [0, 0.1) is 12.7 Å². The summed E-state index contributed by atoms with van der Waals surface area (Å²) < 4.78 is 39.6. The summed E-state index contributed by atoms with van der Waals surface area (Å²) >= 11 is -2.78. The molecule has 0 saturated carbocycles. The fourth-order valence-corrected chi connectivity index (χ4v) is 19.4. The zero-order valence-electron chi connectivity index (χ0n) is 69.0. The molecule has 5 atom stereocenters. The number of rotatable bonds is 22. The van der Waals surface area contributed by atoms with Gasteiger partial charge in [0.05, 0.1) is 51.7 Å². The zero-order chi connectivity index (χ0) is 90.3. The summed E-state index contributed by atoms with van der Waals surface area (Å²) in [6.45, 7) is 15.8. The van der Waals surface area contributed by atoms with Gasteiger partial charge in [0.1, 0.15) is 28.8 Å². The number of methoxy groups -OCH3 is 5. The molecule has 0 spiro atoms. The van der Waals surface area contributed by atoms with Gasteiger partial charge in [0.25, 0.3) is 0 Å². The number of phenols is 5. The number of aryl methyl sites for hydroxylation is 1. The van der Waals surface area contributed by atoms with Crippen molar-refractivity contribution >= 4 is 247 Å². The van der Waals surface area contributed by atoms with Crippen molar-refractivity contribution in [3.63, 3.8) is 0 Å². The monoisotopic (exact) mass is 2130 g/mol. The Labute approximate surface area is 802 Å². The summed E-state index contributed by atoms with van der Waals surface area (Å²) in [6.07, 6.45) is 9.02. The Morgan fingerprint density at radius 2 is 0.675 bits per heavy atom. The Morgan fingerprint density at radius 1 is 0.325 bits per heavy atom.